The van der Waals surface area contributed by atoms with E-state index in [2.05, 4.69) is 0 Å². The molecular weight excluding hydrogens is 238 g/mol. The van der Waals surface area contributed by atoms with Crippen molar-refractivity contribution in [2.24, 2.45) is 0 Å². The van der Waals surface area contributed by atoms with Gasteiger partial charge in [-0.05, 0) is 12.8 Å². The van der Waals surface area contributed by atoms with E-state index in [1.165, 1.54) is 25.7 Å². The van der Waals surface area contributed by atoms with Crippen LogP contribution in [0.2, 0.25) is 0 Å². The van der Waals surface area contributed by atoms with Crippen LogP contribution in [0.5, 0.6) is 0 Å². The standard InChI is InChI=1S/C12H15NO3S/c1-13-7-12(4-2-3-5-12)17-8-6-16-10(9(8)13)11(14)15/h6H,2-5,7H2,1H3,(H,14,15). The number of furan rings is 1. The van der Waals surface area contributed by atoms with Gasteiger partial charge in [-0.1, -0.05) is 12.8 Å². The van der Waals surface area contributed by atoms with Gasteiger partial charge < -0.3 is 14.4 Å². The fraction of sp³-hybridized carbons (Fsp3) is 0.583. The zero-order valence-corrected chi connectivity index (χ0v) is 10.5. The quantitative estimate of drug-likeness (QED) is 0.834. The Morgan fingerprint density at radius 3 is 2.88 bits per heavy atom. The highest BCUT2D eigenvalue weighted by atomic mass is 32.2. The Morgan fingerprint density at radius 1 is 1.53 bits per heavy atom. The van der Waals surface area contributed by atoms with Crippen molar-refractivity contribution in [3.05, 3.63) is 12.0 Å². The van der Waals surface area contributed by atoms with Crippen molar-refractivity contribution in [3.63, 3.8) is 0 Å². The molecule has 2 aliphatic rings. The van der Waals surface area contributed by atoms with Gasteiger partial charge in [0.1, 0.15) is 12.0 Å². The molecule has 0 bridgehead atoms. The molecule has 1 aliphatic heterocycles. The van der Waals surface area contributed by atoms with Gasteiger partial charge in [0.2, 0.25) is 5.76 Å². The van der Waals surface area contributed by atoms with Crippen LogP contribution in [0.4, 0.5) is 5.69 Å². The average molecular weight is 253 g/mol. The Bertz CT molecular complexity index is 462. The number of nitrogens with zero attached hydrogens (tertiary/aromatic N) is 1. The highest BCUT2D eigenvalue weighted by Crippen LogP contribution is 2.53. The minimum atomic E-state index is -0.985. The van der Waals surface area contributed by atoms with E-state index in [0.29, 0.717) is 0 Å². The lowest BCUT2D eigenvalue weighted by molar-refractivity contribution is 0.0663. The van der Waals surface area contributed by atoms with Crippen molar-refractivity contribution < 1.29 is 14.3 Å². The van der Waals surface area contributed by atoms with E-state index >= 15 is 0 Å². The molecule has 0 unspecified atom stereocenters. The Hall–Kier alpha value is -1.10. The largest absolute Gasteiger partial charge is 0.475 e. The average Bonchev–Trinajstić information content (AvgIpc) is 2.85. The summed E-state index contributed by atoms with van der Waals surface area (Å²) in [6, 6.07) is 0. The predicted octanol–water partition coefficient (Wildman–Crippen LogP) is 2.83. The monoisotopic (exact) mass is 253 g/mol. The third kappa shape index (κ3) is 1.64. The molecule has 2 heterocycles. The normalized spacial score (nSPS) is 21.8. The van der Waals surface area contributed by atoms with E-state index < -0.39 is 5.97 Å². The fourth-order valence-electron chi connectivity index (χ4n) is 2.98. The molecule has 4 nitrogen and oxygen atoms in total. The summed E-state index contributed by atoms with van der Waals surface area (Å²) in [5, 5.41) is 9.07. The third-order valence-corrected chi connectivity index (χ3v) is 5.15. The number of hydrogen-bond acceptors (Lipinski definition) is 4. The molecule has 1 N–H and O–H groups in total. The third-order valence-electron chi connectivity index (χ3n) is 3.67. The van der Waals surface area contributed by atoms with Crippen LogP contribution in [0.3, 0.4) is 0 Å². The van der Waals surface area contributed by atoms with Gasteiger partial charge in [0, 0.05) is 18.3 Å². The fourth-order valence-corrected chi connectivity index (χ4v) is 4.64. The second kappa shape index (κ2) is 3.70. The highest BCUT2D eigenvalue weighted by molar-refractivity contribution is 8.01. The smallest absolute Gasteiger partial charge is 0.374 e. The zero-order valence-electron chi connectivity index (χ0n) is 9.73. The molecule has 1 aromatic rings. The first-order valence-corrected chi connectivity index (χ1v) is 6.68. The molecule has 0 aromatic carbocycles. The zero-order chi connectivity index (χ0) is 12.0. The Balaban J connectivity index is 2.00. The van der Waals surface area contributed by atoms with Crippen LogP contribution < -0.4 is 4.90 Å². The number of aromatic carboxylic acids is 1. The number of carboxylic acids is 1. The summed E-state index contributed by atoms with van der Waals surface area (Å²) in [5.74, 6) is -0.913. The number of anilines is 1. The molecule has 1 aromatic heterocycles. The van der Waals surface area contributed by atoms with Crippen LogP contribution in [0.15, 0.2) is 15.6 Å². The van der Waals surface area contributed by atoms with Crippen molar-refractivity contribution in [3.8, 4) is 0 Å². The highest BCUT2D eigenvalue weighted by Gasteiger charge is 2.42. The van der Waals surface area contributed by atoms with Gasteiger partial charge in [0.05, 0.1) is 4.90 Å². The summed E-state index contributed by atoms with van der Waals surface area (Å²) >= 11 is 1.81. The predicted molar refractivity (Wildman–Crippen MR) is 66.0 cm³/mol. The van der Waals surface area contributed by atoms with Gasteiger partial charge in [-0.2, -0.15) is 0 Å². The van der Waals surface area contributed by atoms with E-state index in [1.54, 1.807) is 6.26 Å². The van der Waals surface area contributed by atoms with Gasteiger partial charge in [0.15, 0.2) is 0 Å². The van der Waals surface area contributed by atoms with Crippen LogP contribution in [0.1, 0.15) is 36.2 Å². The molecule has 1 saturated carbocycles. The van der Waals surface area contributed by atoms with Crippen molar-refractivity contribution in [1.29, 1.82) is 0 Å². The summed E-state index contributed by atoms with van der Waals surface area (Å²) in [6.07, 6.45) is 6.59. The number of rotatable bonds is 1. The maximum atomic E-state index is 11.1. The van der Waals surface area contributed by atoms with Gasteiger partial charge in [0.25, 0.3) is 0 Å². The summed E-state index contributed by atoms with van der Waals surface area (Å²) in [6.45, 7) is 0.921. The summed E-state index contributed by atoms with van der Waals surface area (Å²) in [5.41, 5.74) is 0.750. The summed E-state index contributed by atoms with van der Waals surface area (Å²) < 4.78 is 5.47. The maximum Gasteiger partial charge on any atom is 0.374 e. The van der Waals surface area contributed by atoms with Crippen LogP contribution >= 0.6 is 11.8 Å². The molecule has 0 saturated heterocycles. The number of hydrogen-bond donors (Lipinski definition) is 1. The van der Waals surface area contributed by atoms with Gasteiger partial charge in [-0.15, -0.1) is 11.8 Å². The summed E-state index contributed by atoms with van der Waals surface area (Å²) in [7, 11) is 1.96. The van der Waals surface area contributed by atoms with Crippen LogP contribution in [0, 0.1) is 0 Å². The van der Waals surface area contributed by atoms with Crippen LogP contribution in [-0.4, -0.2) is 29.4 Å². The summed E-state index contributed by atoms with van der Waals surface area (Å²) in [4.78, 5) is 14.1. The SMILES string of the molecule is CN1CC2(CCCC2)Sc2coc(C(=O)O)c21. The lowest BCUT2D eigenvalue weighted by atomic mass is 10.1. The Kier molecular flexibility index (Phi) is 2.40. The van der Waals surface area contributed by atoms with Crippen molar-refractivity contribution in [2.45, 2.75) is 35.3 Å². The van der Waals surface area contributed by atoms with E-state index in [4.69, 9.17) is 9.52 Å². The lowest BCUT2D eigenvalue weighted by Crippen LogP contribution is -2.40. The van der Waals surface area contributed by atoms with E-state index in [9.17, 15) is 4.79 Å². The molecule has 1 fully saturated rings. The van der Waals surface area contributed by atoms with E-state index in [1.807, 2.05) is 23.7 Å². The first kappa shape index (κ1) is 11.0. The molecule has 92 valence electrons. The molecule has 17 heavy (non-hydrogen) atoms. The van der Waals surface area contributed by atoms with Gasteiger partial charge >= 0.3 is 5.97 Å². The number of carbonyl (C=O) groups is 1. The molecular formula is C12H15NO3S. The Labute approximate surface area is 104 Å². The minimum Gasteiger partial charge on any atom is -0.475 e. The van der Waals surface area contributed by atoms with Crippen molar-refractivity contribution >= 4 is 23.4 Å². The topological polar surface area (TPSA) is 53.7 Å². The molecule has 0 atom stereocenters. The number of fused-ring (bicyclic) bond motifs is 1. The lowest BCUT2D eigenvalue weighted by Gasteiger charge is -2.38. The number of thioether (sulfide) groups is 1. The second-order valence-electron chi connectivity index (χ2n) is 4.93. The molecule has 1 spiro atoms. The maximum absolute atomic E-state index is 11.1. The first-order valence-electron chi connectivity index (χ1n) is 5.86. The van der Waals surface area contributed by atoms with Crippen molar-refractivity contribution in [1.82, 2.24) is 0 Å². The Morgan fingerprint density at radius 2 is 2.24 bits per heavy atom. The first-order chi connectivity index (χ1) is 8.11. The molecule has 3 rings (SSSR count). The minimum absolute atomic E-state index is 0.0721. The number of carboxylic acid groups (broad SMARTS) is 1. The van der Waals surface area contributed by atoms with Gasteiger partial charge in [-0.3, -0.25) is 0 Å². The van der Waals surface area contributed by atoms with E-state index in [-0.39, 0.29) is 10.5 Å². The molecule has 5 heteroatoms. The van der Waals surface area contributed by atoms with Crippen LogP contribution in [0.25, 0.3) is 0 Å². The molecule has 0 amide bonds. The van der Waals surface area contributed by atoms with E-state index in [0.717, 1.165) is 17.1 Å². The van der Waals surface area contributed by atoms with Crippen LogP contribution in [-0.2, 0) is 0 Å². The molecule has 0 radical (unpaired) electrons. The second-order valence-corrected chi connectivity index (χ2v) is 6.44. The molecule has 1 aliphatic carbocycles. The van der Waals surface area contributed by atoms with Gasteiger partial charge in [-0.25, -0.2) is 4.79 Å². The van der Waals surface area contributed by atoms with Crippen molar-refractivity contribution in [2.75, 3.05) is 18.5 Å².